The van der Waals surface area contributed by atoms with Crippen LogP contribution >= 0.6 is 11.3 Å². The Balaban J connectivity index is 1.11. The Morgan fingerprint density at radius 2 is 1.04 bits per heavy atom. The highest BCUT2D eigenvalue weighted by atomic mass is 32.1. The largest absolute Gasteiger partial charge is 0.438 e. The van der Waals surface area contributed by atoms with E-state index in [1.807, 2.05) is 42.5 Å². The number of aromatic nitrogens is 3. The van der Waals surface area contributed by atoms with Crippen molar-refractivity contribution in [1.82, 2.24) is 15.0 Å². The summed E-state index contributed by atoms with van der Waals surface area (Å²) in [6, 6.07) is 52.3. The second-order valence-corrected chi connectivity index (χ2v) is 12.3. The molecule has 9 aromatic rings. The number of fused-ring (bicyclic) bond motifs is 4. The van der Waals surface area contributed by atoms with E-state index in [0.29, 0.717) is 11.5 Å². The monoisotopic (exact) mass is 607 g/mol. The number of para-hydroxylation sites is 2. The topological polar surface area (TPSA) is 51.8 Å². The van der Waals surface area contributed by atoms with Crippen molar-refractivity contribution < 1.29 is 4.42 Å². The van der Waals surface area contributed by atoms with Crippen LogP contribution in [0, 0.1) is 0 Å². The summed E-state index contributed by atoms with van der Waals surface area (Å²) in [4.78, 5) is 15.0. The van der Waals surface area contributed by atoms with E-state index in [9.17, 15) is 0 Å². The van der Waals surface area contributed by atoms with Crippen LogP contribution in [0.1, 0.15) is 0 Å². The number of thiazole rings is 1. The molecular weight excluding hydrogens is 583 g/mol. The Morgan fingerprint density at radius 1 is 0.457 bits per heavy atom. The Labute approximate surface area is 269 Å². The average Bonchev–Trinajstić information content (AvgIpc) is 3.74. The standard InChI is InChI=1S/C41H25N3OS/c1-2-11-26(12-3-1)38-37-33-19-4-6-21-35(33)45-40(37)44-39(43-38)31-17-9-15-29(24-31)27-13-8-14-28(23-27)30-16-10-18-32(25-30)41-42-34-20-5-7-22-36(34)46-41/h1-25H. The van der Waals surface area contributed by atoms with Crippen LogP contribution in [0.3, 0.4) is 0 Å². The highest BCUT2D eigenvalue weighted by molar-refractivity contribution is 7.21. The summed E-state index contributed by atoms with van der Waals surface area (Å²) in [5.41, 5.74) is 10.9. The van der Waals surface area contributed by atoms with Gasteiger partial charge in [-0.1, -0.05) is 115 Å². The molecule has 9 rings (SSSR count). The average molecular weight is 608 g/mol. The van der Waals surface area contributed by atoms with Crippen molar-refractivity contribution in [2.24, 2.45) is 0 Å². The van der Waals surface area contributed by atoms with Crippen LogP contribution in [-0.2, 0) is 0 Å². The predicted octanol–water partition coefficient (Wildman–Crippen LogP) is 11.3. The SMILES string of the molecule is c1ccc(-c2nc(-c3cccc(-c4cccc(-c5cccc(-c6nc7ccccc7s6)c5)c4)c3)nc3oc4ccccc4c23)cc1. The van der Waals surface area contributed by atoms with Gasteiger partial charge in [-0.05, 0) is 58.7 Å². The van der Waals surface area contributed by atoms with Gasteiger partial charge in [0.2, 0.25) is 5.71 Å². The van der Waals surface area contributed by atoms with Crippen molar-refractivity contribution in [1.29, 1.82) is 0 Å². The summed E-state index contributed by atoms with van der Waals surface area (Å²) in [6.07, 6.45) is 0. The summed E-state index contributed by atoms with van der Waals surface area (Å²) >= 11 is 1.73. The molecule has 0 aliphatic carbocycles. The molecule has 6 aromatic carbocycles. The molecule has 0 aliphatic heterocycles. The Morgan fingerprint density at radius 3 is 1.80 bits per heavy atom. The van der Waals surface area contributed by atoms with Gasteiger partial charge in [0.15, 0.2) is 5.82 Å². The van der Waals surface area contributed by atoms with E-state index in [-0.39, 0.29) is 0 Å². The highest BCUT2D eigenvalue weighted by Crippen LogP contribution is 2.37. The molecule has 0 spiro atoms. The van der Waals surface area contributed by atoms with Crippen molar-refractivity contribution in [3.05, 3.63) is 152 Å². The quantitative estimate of drug-likeness (QED) is 0.195. The fourth-order valence-electron chi connectivity index (χ4n) is 6.10. The molecule has 0 N–H and O–H groups in total. The Hall–Kier alpha value is -5.91. The third-order valence-electron chi connectivity index (χ3n) is 8.34. The Bertz CT molecular complexity index is 2520. The van der Waals surface area contributed by atoms with Gasteiger partial charge in [-0.25, -0.2) is 9.97 Å². The van der Waals surface area contributed by atoms with Gasteiger partial charge in [0.1, 0.15) is 10.6 Å². The zero-order chi connectivity index (χ0) is 30.5. The highest BCUT2D eigenvalue weighted by Gasteiger charge is 2.18. The molecule has 0 saturated heterocycles. The predicted molar refractivity (Wildman–Crippen MR) is 190 cm³/mol. The van der Waals surface area contributed by atoms with Gasteiger partial charge < -0.3 is 4.42 Å². The number of hydrogen-bond acceptors (Lipinski definition) is 5. The smallest absolute Gasteiger partial charge is 0.231 e. The van der Waals surface area contributed by atoms with Gasteiger partial charge in [-0.3, -0.25) is 0 Å². The molecule has 3 aromatic heterocycles. The van der Waals surface area contributed by atoms with Crippen molar-refractivity contribution in [2.45, 2.75) is 0 Å². The fourth-order valence-corrected chi connectivity index (χ4v) is 7.06. The molecule has 0 atom stereocenters. The van der Waals surface area contributed by atoms with Crippen molar-refractivity contribution in [3.8, 4) is 55.5 Å². The van der Waals surface area contributed by atoms with Crippen LogP contribution < -0.4 is 0 Å². The molecule has 3 heterocycles. The maximum absolute atomic E-state index is 6.26. The van der Waals surface area contributed by atoms with Gasteiger partial charge in [0.25, 0.3) is 0 Å². The van der Waals surface area contributed by atoms with Crippen LogP contribution in [0.25, 0.3) is 87.8 Å². The second kappa shape index (κ2) is 10.9. The number of hydrogen-bond donors (Lipinski definition) is 0. The molecule has 0 fully saturated rings. The van der Waals surface area contributed by atoms with Gasteiger partial charge in [0.05, 0.1) is 21.3 Å². The van der Waals surface area contributed by atoms with Gasteiger partial charge in [-0.2, -0.15) is 4.98 Å². The maximum atomic E-state index is 6.26. The first-order chi connectivity index (χ1) is 22.8. The molecule has 5 heteroatoms. The fraction of sp³-hybridized carbons (Fsp3) is 0. The van der Waals surface area contributed by atoms with E-state index in [2.05, 4.69) is 109 Å². The van der Waals surface area contributed by atoms with Crippen LogP contribution in [0.5, 0.6) is 0 Å². The number of benzene rings is 6. The van der Waals surface area contributed by atoms with E-state index in [1.165, 1.54) is 4.70 Å². The van der Waals surface area contributed by atoms with E-state index < -0.39 is 0 Å². The third-order valence-corrected chi connectivity index (χ3v) is 9.42. The number of furan rings is 1. The lowest BCUT2D eigenvalue weighted by Gasteiger charge is -2.10. The maximum Gasteiger partial charge on any atom is 0.231 e. The summed E-state index contributed by atoms with van der Waals surface area (Å²) in [7, 11) is 0. The molecular formula is C41H25N3OS. The molecule has 0 aliphatic rings. The Kier molecular flexibility index (Phi) is 6.28. The minimum atomic E-state index is 0.588. The molecule has 4 nitrogen and oxygen atoms in total. The molecule has 46 heavy (non-hydrogen) atoms. The van der Waals surface area contributed by atoms with Crippen LogP contribution in [0.15, 0.2) is 156 Å². The summed E-state index contributed by atoms with van der Waals surface area (Å²) in [6.45, 7) is 0. The minimum absolute atomic E-state index is 0.588. The lowest BCUT2D eigenvalue weighted by Crippen LogP contribution is -1.94. The van der Waals surface area contributed by atoms with Crippen LogP contribution in [0.4, 0.5) is 0 Å². The van der Waals surface area contributed by atoms with Gasteiger partial charge in [-0.15, -0.1) is 11.3 Å². The first-order valence-electron chi connectivity index (χ1n) is 15.2. The van der Waals surface area contributed by atoms with Crippen LogP contribution in [0.2, 0.25) is 0 Å². The van der Waals surface area contributed by atoms with Crippen LogP contribution in [-0.4, -0.2) is 15.0 Å². The van der Waals surface area contributed by atoms with E-state index in [1.54, 1.807) is 11.3 Å². The molecule has 0 unspecified atom stereocenters. The molecule has 0 amide bonds. The molecule has 0 bridgehead atoms. The van der Waals surface area contributed by atoms with E-state index >= 15 is 0 Å². The van der Waals surface area contributed by atoms with Crippen molar-refractivity contribution >= 4 is 43.6 Å². The summed E-state index contributed by atoms with van der Waals surface area (Å²) in [5.74, 6) is 0.631. The molecule has 216 valence electrons. The lowest BCUT2D eigenvalue weighted by molar-refractivity contribution is 0.653. The van der Waals surface area contributed by atoms with Crippen molar-refractivity contribution in [3.63, 3.8) is 0 Å². The summed E-state index contributed by atoms with van der Waals surface area (Å²) in [5, 5.41) is 2.98. The second-order valence-electron chi connectivity index (χ2n) is 11.3. The van der Waals surface area contributed by atoms with Crippen molar-refractivity contribution in [2.75, 3.05) is 0 Å². The van der Waals surface area contributed by atoms with E-state index in [4.69, 9.17) is 19.4 Å². The zero-order valence-electron chi connectivity index (χ0n) is 24.6. The number of rotatable bonds is 5. The minimum Gasteiger partial charge on any atom is -0.438 e. The summed E-state index contributed by atoms with van der Waals surface area (Å²) < 4.78 is 7.46. The normalized spacial score (nSPS) is 11.5. The van der Waals surface area contributed by atoms with E-state index in [0.717, 1.165) is 71.5 Å². The zero-order valence-corrected chi connectivity index (χ0v) is 25.4. The first kappa shape index (κ1) is 26.5. The van der Waals surface area contributed by atoms with Gasteiger partial charge in [0, 0.05) is 22.1 Å². The number of nitrogens with zero attached hydrogens (tertiary/aromatic N) is 3. The first-order valence-corrected chi connectivity index (χ1v) is 16.0. The molecule has 0 radical (unpaired) electrons. The van der Waals surface area contributed by atoms with Gasteiger partial charge >= 0.3 is 0 Å². The molecule has 0 saturated carbocycles. The lowest BCUT2D eigenvalue weighted by atomic mass is 9.97. The third kappa shape index (κ3) is 4.66.